The van der Waals surface area contributed by atoms with E-state index in [9.17, 15) is 0 Å². The zero-order valence-corrected chi connectivity index (χ0v) is 13.3. The molecule has 4 heteroatoms. The summed E-state index contributed by atoms with van der Waals surface area (Å²) >= 11 is 17.4. The van der Waals surface area contributed by atoms with Crippen molar-refractivity contribution in [2.24, 2.45) is 11.8 Å². The molecule has 1 unspecified atom stereocenters. The summed E-state index contributed by atoms with van der Waals surface area (Å²) in [5.74, 6) is 2.38. The summed E-state index contributed by atoms with van der Waals surface area (Å²) in [6.45, 7) is 4.48. The lowest BCUT2D eigenvalue weighted by atomic mass is 10.0. The van der Waals surface area contributed by atoms with Crippen LogP contribution in [-0.4, -0.2) is 11.1 Å². The molecule has 1 aromatic rings. The Labute approximate surface area is 120 Å². The zero-order chi connectivity index (χ0) is 12.1. The first-order valence-electron chi connectivity index (χ1n) is 5.18. The molecule has 0 fully saturated rings. The van der Waals surface area contributed by atoms with E-state index in [1.165, 1.54) is 0 Å². The van der Waals surface area contributed by atoms with Gasteiger partial charge in [-0.15, -0.1) is 11.8 Å². The van der Waals surface area contributed by atoms with Crippen LogP contribution >= 0.6 is 50.9 Å². The molecule has 0 amide bonds. The Morgan fingerprint density at radius 3 is 2.56 bits per heavy atom. The van der Waals surface area contributed by atoms with Crippen molar-refractivity contribution in [2.45, 2.75) is 18.7 Å². The normalized spacial score (nSPS) is 13.1. The van der Waals surface area contributed by atoms with E-state index in [0.717, 1.165) is 26.0 Å². The van der Waals surface area contributed by atoms with Gasteiger partial charge in [0, 0.05) is 21.0 Å². The Morgan fingerprint density at radius 2 is 2.00 bits per heavy atom. The maximum atomic E-state index is 6.11. The molecule has 0 nitrogen and oxygen atoms in total. The third kappa shape index (κ3) is 4.48. The topological polar surface area (TPSA) is 0 Å². The number of alkyl halides is 1. The molecular formula is C12H15BrCl2S. The van der Waals surface area contributed by atoms with Gasteiger partial charge in [0.1, 0.15) is 0 Å². The fourth-order valence-corrected chi connectivity index (χ4v) is 4.31. The monoisotopic (exact) mass is 340 g/mol. The van der Waals surface area contributed by atoms with Crippen LogP contribution < -0.4 is 0 Å². The molecule has 16 heavy (non-hydrogen) atoms. The first kappa shape index (κ1) is 14.7. The largest absolute Gasteiger partial charge is 0.124 e. The van der Waals surface area contributed by atoms with Crippen molar-refractivity contribution in [1.82, 2.24) is 0 Å². The zero-order valence-electron chi connectivity index (χ0n) is 9.34. The van der Waals surface area contributed by atoms with Gasteiger partial charge < -0.3 is 0 Å². The third-order valence-corrected chi connectivity index (χ3v) is 5.24. The lowest BCUT2D eigenvalue weighted by Crippen LogP contribution is -2.12. The maximum absolute atomic E-state index is 6.11. The molecule has 0 aliphatic heterocycles. The van der Waals surface area contributed by atoms with Crippen LogP contribution in [0.5, 0.6) is 0 Å². The predicted molar refractivity (Wildman–Crippen MR) is 79.3 cm³/mol. The highest BCUT2D eigenvalue weighted by Crippen LogP contribution is 2.32. The summed E-state index contributed by atoms with van der Waals surface area (Å²) < 4.78 is 0. The predicted octanol–water partition coefficient (Wildman–Crippen LogP) is 5.75. The van der Waals surface area contributed by atoms with E-state index in [4.69, 9.17) is 23.2 Å². The van der Waals surface area contributed by atoms with Crippen LogP contribution in [0.3, 0.4) is 0 Å². The molecule has 0 radical (unpaired) electrons. The van der Waals surface area contributed by atoms with Crippen molar-refractivity contribution in [1.29, 1.82) is 0 Å². The van der Waals surface area contributed by atoms with Gasteiger partial charge in [-0.05, 0) is 30.0 Å². The van der Waals surface area contributed by atoms with E-state index in [1.807, 2.05) is 18.2 Å². The molecule has 0 heterocycles. The third-order valence-electron chi connectivity index (χ3n) is 2.49. The van der Waals surface area contributed by atoms with E-state index < -0.39 is 0 Å². The van der Waals surface area contributed by atoms with Gasteiger partial charge in [0.15, 0.2) is 0 Å². The highest BCUT2D eigenvalue weighted by Gasteiger charge is 2.13. The minimum Gasteiger partial charge on any atom is -0.124 e. The molecule has 90 valence electrons. The van der Waals surface area contributed by atoms with Crippen molar-refractivity contribution in [2.75, 3.05) is 11.1 Å². The molecule has 0 aliphatic carbocycles. The lowest BCUT2D eigenvalue weighted by molar-refractivity contribution is 0.474. The molecule has 0 aromatic heterocycles. The van der Waals surface area contributed by atoms with E-state index in [-0.39, 0.29) is 0 Å². The van der Waals surface area contributed by atoms with Crippen LogP contribution in [0, 0.1) is 11.8 Å². The lowest BCUT2D eigenvalue weighted by Gasteiger charge is -2.17. The average Bonchev–Trinajstić information content (AvgIpc) is 2.23. The molecule has 0 N–H and O–H groups in total. The molecule has 0 bridgehead atoms. The summed E-state index contributed by atoms with van der Waals surface area (Å²) in [5.41, 5.74) is 0. The van der Waals surface area contributed by atoms with Gasteiger partial charge in [0.2, 0.25) is 0 Å². The second-order valence-corrected chi connectivity index (χ2v) is 6.60. The Morgan fingerprint density at radius 1 is 1.31 bits per heavy atom. The minimum absolute atomic E-state index is 0.653. The Kier molecular flexibility index (Phi) is 6.57. The highest BCUT2D eigenvalue weighted by molar-refractivity contribution is 9.09. The SMILES string of the molecule is CC(C)C(CBr)CSc1cc(Cl)ccc1Cl. The molecule has 1 aromatic carbocycles. The second-order valence-electron chi connectivity index (χ2n) is 4.04. The van der Waals surface area contributed by atoms with E-state index in [0.29, 0.717) is 11.8 Å². The van der Waals surface area contributed by atoms with Gasteiger partial charge in [-0.2, -0.15) is 0 Å². The van der Waals surface area contributed by atoms with Crippen LogP contribution in [0.2, 0.25) is 10.0 Å². The van der Waals surface area contributed by atoms with Crippen LogP contribution in [0.25, 0.3) is 0 Å². The standard InChI is InChI=1S/C12H15BrCl2S/c1-8(2)9(6-13)7-16-12-5-10(14)3-4-11(12)15/h3-5,8-9H,6-7H2,1-2H3. The van der Waals surface area contributed by atoms with Gasteiger partial charge in [0.25, 0.3) is 0 Å². The molecule has 1 rings (SSSR count). The van der Waals surface area contributed by atoms with Crippen LogP contribution in [0.1, 0.15) is 13.8 Å². The van der Waals surface area contributed by atoms with Gasteiger partial charge in [-0.1, -0.05) is 53.0 Å². The van der Waals surface area contributed by atoms with Crippen LogP contribution in [-0.2, 0) is 0 Å². The smallest absolute Gasteiger partial charge is 0.0542 e. The van der Waals surface area contributed by atoms with Crippen molar-refractivity contribution < 1.29 is 0 Å². The Balaban J connectivity index is 2.63. The number of rotatable bonds is 5. The number of hydrogen-bond acceptors (Lipinski definition) is 1. The maximum Gasteiger partial charge on any atom is 0.0542 e. The van der Waals surface area contributed by atoms with Crippen LogP contribution in [0.15, 0.2) is 23.1 Å². The van der Waals surface area contributed by atoms with Gasteiger partial charge in [0.05, 0.1) is 5.02 Å². The Bertz CT molecular complexity index is 342. The van der Waals surface area contributed by atoms with Crippen molar-refractivity contribution in [3.63, 3.8) is 0 Å². The number of hydrogen-bond donors (Lipinski definition) is 0. The summed E-state index contributed by atoms with van der Waals surface area (Å²) in [5, 5.41) is 2.55. The fraction of sp³-hybridized carbons (Fsp3) is 0.500. The van der Waals surface area contributed by atoms with Crippen molar-refractivity contribution in [3.05, 3.63) is 28.2 Å². The summed E-state index contributed by atoms with van der Waals surface area (Å²) in [4.78, 5) is 1.07. The van der Waals surface area contributed by atoms with Crippen molar-refractivity contribution in [3.8, 4) is 0 Å². The molecule has 1 atom stereocenters. The van der Waals surface area contributed by atoms with Gasteiger partial charge in [-0.3, -0.25) is 0 Å². The first-order chi connectivity index (χ1) is 7.54. The number of thioether (sulfide) groups is 1. The number of benzene rings is 1. The second kappa shape index (κ2) is 7.15. The van der Waals surface area contributed by atoms with E-state index in [1.54, 1.807) is 11.8 Å². The minimum atomic E-state index is 0.653. The molecule has 0 saturated carbocycles. The molecule has 0 spiro atoms. The first-order valence-corrected chi connectivity index (χ1v) is 8.04. The number of halogens is 3. The quantitative estimate of drug-likeness (QED) is 0.485. The summed E-state index contributed by atoms with van der Waals surface area (Å²) in [6, 6.07) is 5.60. The van der Waals surface area contributed by atoms with Gasteiger partial charge >= 0.3 is 0 Å². The molecule has 0 saturated heterocycles. The Hall–Kier alpha value is 0.630. The molecule has 0 aliphatic rings. The summed E-state index contributed by atoms with van der Waals surface area (Å²) in [6.07, 6.45) is 0. The van der Waals surface area contributed by atoms with Crippen molar-refractivity contribution >= 4 is 50.9 Å². The highest BCUT2D eigenvalue weighted by atomic mass is 79.9. The van der Waals surface area contributed by atoms with E-state index in [2.05, 4.69) is 29.8 Å². The molecular weight excluding hydrogens is 327 g/mol. The van der Waals surface area contributed by atoms with E-state index >= 15 is 0 Å². The van der Waals surface area contributed by atoms with Gasteiger partial charge in [-0.25, -0.2) is 0 Å². The fourth-order valence-electron chi connectivity index (χ4n) is 1.20. The van der Waals surface area contributed by atoms with Crippen LogP contribution in [0.4, 0.5) is 0 Å². The average molecular weight is 342 g/mol. The summed E-state index contributed by atoms with van der Waals surface area (Å²) in [7, 11) is 0.